The molecule has 1 heterocycles. The van der Waals surface area contributed by atoms with Gasteiger partial charge < -0.3 is 15.5 Å². The van der Waals surface area contributed by atoms with Crippen LogP contribution in [0.15, 0.2) is 42.7 Å². The van der Waals surface area contributed by atoms with E-state index in [-0.39, 0.29) is 19.1 Å². The topological polar surface area (TPSA) is 87.4 Å². The molecule has 100 valence electrons. The van der Waals surface area contributed by atoms with Crippen molar-refractivity contribution in [1.29, 1.82) is 0 Å². The monoisotopic (exact) mass is 261 g/mol. The van der Waals surface area contributed by atoms with Crippen LogP contribution in [0.25, 0.3) is 5.69 Å². The number of aliphatic hydroxyl groups is 2. The van der Waals surface area contributed by atoms with Gasteiger partial charge >= 0.3 is 0 Å². The summed E-state index contributed by atoms with van der Waals surface area (Å²) in [6.07, 6.45) is 3.03. The highest BCUT2D eigenvalue weighted by Gasteiger charge is 2.13. The van der Waals surface area contributed by atoms with Gasteiger partial charge in [-0.3, -0.25) is 4.79 Å². The zero-order chi connectivity index (χ0) is 13.7. The Balaban J connectivity index is 2.11. The number of amides is 1. The summed E-state index contributed by atoms with van der Waals surface area (Å²) in [5.41, 5.74) is 1.22. The van der Waals surface area contributed by atoms with Crippen LogP contribution in [-0.2, 0) is 0 Å². The fourth-order valence-electron chi connectivity index (χ4n) is 1.58. The van der Waals surface area contributed by atoms with Gasteiger partial charge in [0.15, 0.2) is 0 Å². The molecule has 0 aliphatic rings. The van der Waals surface area contributed by atoms with Crippen LogP contribution in [-0.4, -0.2) is 45.2 Å². The Morgan fingerprint density at radius 3 is 2.58 bits per heavy atom. The fraction of sp³-hybridized carbons (Fsp3) is 0.231. The molecular weight excluding hydrogens is 246 g/mol. The number of rotatable bonds is 5. The lowest BCUT2D eigenvalue weighted by Crippen LogP contribution is -2.39. The summed E-state index contributed by atoms with van der Waals surface area (Å²) < 4.78 is 1.59. The summed E-state index contributed by atoms with van der Waals surface area (Å²) in [4.78, 5) is 11.8. The second kappa shape index (κ2) is 6.12. The molecule has 6 nitrogen and oxygen atoms in total. The molecule has 0 unspecified atom stereocenters. The molecule has 0 spiro atoms. The van der Waals surface area contributed by atoms with Crippen molar-refractivity contribution in [3.8, 4) is 5.69 Å². The zero-order valence-corrected chi connectivity index (χ0v) is 10.2. The summed E-state index contributed by atoms with van der Waals surface area (Å²) in [6.45, 7) is -0.621. The van der Waals surface area contributed by atoms with Crippen LogP contribution in [0.1, 0.15) is 10.4 Å². The number of nitrogens with zero attached hydrogens (tertiary/aromatic N) is 2. The number of carbonyl (C=O) groups excluding carboxylic acids is 1. The van der Waals surface area contributed by atoms with Gasteiger partial charge in [0.2, 0.25) is 0 Å². The molecule has 1 amide bonds. The minimum atomic E-state index is -0.660. The molecule has 0 saturated carbocycles. The zero-order valence-electron chi connectivity index (χ0n) is 10.2. The molecular formula is C13H15N3O3. The lowest BCUT2D eigenvalue weighted by molar-refractivity contribution is 0.0879. The smallest absolute Gasteiger partial charge is 0.254 e. The van der Waals surface area contributed by atoms with E-state index in [9.17, 15) is 4.79 Å². The normalized spacial score (nSPS) is 10.7. The van der Waals surface area contributed by atoms with Crippen molar-refractivity contribution in [2.45, 2.75) is 6.04 Å². The SMILES string of the molecule is O=C(NC(CO)CO)c1cnn(-c2ccccc2)c1. The molecule has 19 heavy (non-hydrogen) atoms. The predicted octanol–water partition coefficient (Wildman–Crippen LogP) is -0.0447. The van der Waals surface area contributed by atoms with Crippen LogP contribution >= 0.6 is 0 Å². The first-order chi connectivity index (χ1) is 9.24. The summed E-state index contributed by atoms with van der Waals surface area (Å²) in [5.74, 6) is -0.379. The van der Waals surface area contributed by atoms with E-state index in [1.54, 1.807) is 10.9 Å². The molecule has 0 saturated heterocycles. The van der Waals surface area contributed by atoms with Gasteiger partial charge in [-0.05, 0) is 12.1 Å². The number of hydrogen-bond donors (Lipinski definition) is 3. The summed E-state index contributed by atoms with van der Waals surface area (Å²) in [7, 11) is 0. The van der Waals surface area contributed by atoms with Crippen LogP contribution in [0.3, 0.4) is 0 Å². The van der Waals surface area contributed by atoms with Crippen LogP contribution in [0, 0.1) is 0 Å². The predicted molar refractivity (Wildman–Crippen MR) is 69.0 cm³/mol. The van der Waals surface area contributed by atoms with Gasteiger partial charge in [-0.15, -0.1) is 0 Å². The standard InChI is InChI=1S/C13H15N3O3/c17-8-11(9-18)15-13(19)10-6-14-16(7-10)12-4-2-1-3-5-12/h1-7,11,17-18H,8-9H2,(H,15,19). The van der Waals surface area contributed by atoms with Crippen LogP contribution in [0.5, 0.6) is 0 Å². The van der Waals surface area contributed by atoms with Crippen LogP contribution in [0.2, 0.25) is 0 Å². The number of nitrogens with one attached hydrogen (secondary N) is 1. The number of aromatic nitrogens is 2. The first kappa shape index (κ1) is 13.3. The summed E-state index contributed by atoms with van der Waals surface area (Å²) in [6, 6.07) is 8.74. The van der Waals surface area contributed by atoms with E-state index in [2.05, 4.69) is 10.4 Å². The highest BCUT2D eigenvalue weighted by Crippen LogP contribution is 2.07. The lowest BCUT2D eigenvalue weighted by Gasteiger charge is -2.11. The third kappa shape index (κ3) is 3.18. The Kier molecular flexibility index (Phi) is 4.27. The molecule has 0 aliphatic heterocycles. The highest BCUT2D eigenvalue weighted by atomic mass is 16.3. The van der Waals surface area contributed by atoms with Crippen molar-refractivity contribution in [2.24, 2.45) is 0 Å². The third-order valence-electron chi connectivity index (χ3n) is 2.64. The Morgan fingerprint density at radius 2 is 1.95 bits per heavy atom. The maximum Gasteiger partial charge on any atom is 0.254 e. The van der Waals surface area contributed by atoms with Crippen molar-refractivity contribution in [3.63, 3.8) is 0 Å². The molecule has 3 N–H and O–H groups in total. The molecule has 6 heteroatoms. The largest absolute Gasteiger partial charge is 0.394 e. The Labute approximate surface area is 110 Å². The number of aliphatic hydroxyl groups excluding tert-OH is 2. The summed E-state index contributed by atoms with van der Waals surface area (Å²) >= 11 is 0. The van der Waals surface area contributed by atoms with Crippen LogP contribution in [0.4, 0.5) is 0 Å². The number of carbonyl (C=O) groups is 1. The number of benzene rings is 1. The molecule has 2 aromatic rings. The second-order valence-corrected chi connectivity index (χ2v) is 4.04. The van der Waals surface area contributed by atoms with Crippen LogP contribution < -0.4 is 5.32 Å². The molecule has 0 aliphatic carbocycles. The second-order valence-electron chi connectivity index (χ2n) is 4.04. The first-order valence-electron chi connectivity index (χ1n) is 5.87. The van der Waals surface area contributed by atoms with E-state index in [1.165, 1.54) is 6.20 Å². The average Bonchev–Trinajstić information content (AvgIpc) is 2.95. The molecule has 0 fully saturated rings. The Morgan fingerprint density at radius 1 is 1.26 bits per heavy atom. The van der Waals surface area contributed by atoms with Gasteiger partial charge in [0.25, 0.3) is 5.91 Å². The molecule has 0 radical (unpaired) electrons. The van der Waals surface area contributed by atoms with Gasteiger partial charge in [-0.25, -0.2) is 4.68 Å². The molecule has 1 aromatic carbocycles. The maximum atomic E-state index is 11.8. The first-order valence-corrected chi connectivity index (χ1v) is 5.87. The van der Waals surface area contributed by atoms with Gasteiger partial charge in [-0.2, -0.15) is 5.10 Å². The Bertz CT molecular complexity index is 535. The number of para-hydroxylation sites is 1. The van der Waals surface area contributed by atoms with Crippen molar-refractivity contribution < 1.29 is 15.0 Å². The minimum absolute atomic E-state index is 0.310. The van der Waals surface area contributed by atoms with E-state index in [4.69, 9.17) is 10.2 Å². The minimum Gasteiger partial charge on any atom is -0.394 e. The molecule has 2 rings (SSSR count). The van der Waals surface area contributed by atoms with Gasteiger partial charge in [0.1, 0.15) is 0 Å². The quantitative estimate of drug-likeness (QED) is 0.704. The van der Waals surface area contributed by atoms with E-state index in [1.807, 2.05) is 30.3 Å². The lowest BCUT2D eigenvalue weighted by atomic mass is 10.3. The molecule has 0 bridgehead atoms. The Hall–Kier alpha value is -2.18. The van der Waals surface area contributed by atoms with Gasteiger partial charge in [-0.1, -0.05) is 18.2 Å². The van der Waals surface area contributed by atoms with Gasteiger partial charge in [0, 0.05) is 6.20 Å². The number of hydrogen-bond acceptors (Lipinski definition) is 4. The molecule has 0 atom stereocenters. The van der Waals surface area contributed by atoms with E-state index < -0.39 is 6.04 Å². The van der Waals surface area contributed by atoms with E-state index in [0.717, 1.165) is 5.69 Å². The highest BCUT2D eigenvalue weighted by molar-refractivity contribution is 5.94. The van der Waals surface area contributed by atoms with E-state index in [0.29, 0.717) is 5.56 Å². The summed E-state index contributed by atoms with van der Waals surface area (Å²) in [5, 5.41) is 24.4. The van der Waals surface area contributed by atoms with Crippen molar-refractivity contribution in [1.82, 2.24) is 15.1 Å². The van der Waals surface area contributed by atoms with Crippen molar-refractivity contribution in [3.05, 3.63) is 48.3 Å². The fourth-order valence-corrected chi connectivity index (χ4v) is 1.58. The molecule has 1 aromatic heterocycles. The average molecular weight is 261 g/mol. The van der Waals surface area contributed by atoms with E-state index >= 15 is 0 Å². The van der Waals surface area contributed by atoms with Crippen molar-refractivity contribution in [2.75, 3.05) is 13.2 Å². The van der Waals surface area contributed by atoms with Gasteiger partial charge in [0.05, 0.1) is 36.7 Å². The third-order valence-corrected chi connectivity index (χ3v) is 2.64. The van der Waals surface area contributed by atoms with Crippen molar-refractivity contribution >= 4 is 5.91 Å². The maximum absolute atomic E-state index is 11.8.